The van der Waals surface area contributed by atoms with Crippen molar-refractivity contribution in [2.75, 3.05) is 6.61 Å². The van der Waals surface area contributed by atoms with Crippen molar-refractivity contribution in [1.29, 1.82) is 0 Å². The normalized spacial score (nSPS) is 21.0. The number of hydrogen-bond acceptors (Lipinski definition) is 5. The number of Topliss-reactive ketones (excluding diaryl/α,β-unsaturated/α-hetero) is 1. The number of nitrogens with zero attached hydrogens (tertiary/aromatic N) is 1. The molecular weight excluding hydrogens is 340 g/mol. The Kier molecular flexibility index (Phi) is 7.99. The van der Waals surface area contributed by atoms with Gasteiger partial charge in [-0.3, -0.25) is 10.2 Å². The smallest absolute Gasteiger partial charge is 0.331 e. The molecule has 1 aromatic carbocycles. The van der Waals surface area contributed by atoms with Gasteiger partial charge in [-0.2, -0.15) is 5.10 Å². The number of hydrogen-bond donors (Lipinski definition) is 1. The number of benzene rings is 1. The van der Waals surface area contributed by atoms with Crippen LogP contribution in [0.1, 0.15) is 50.4 Å². The highest BCUT2D eigenvalue weighted by Gasteiger charge is 2.42. The van der Waals surface area contributed by atoms with Crippen molar-refractivity contribution < 1.29 is 14.3 Å². The van der Waals surface area contributed by atoms with Crippen LogP contribution in [0.4, 0.5) is 0 Å². The van der Waals surface area contributed by atoms with Gasteiger partial charge in [0.1, 0.15) is 5.71 Å². The van der Waals surface area contributed by atoms with Crippen LogP contribution in [0.15, 0.2) is 59.2 Å². The second-order valence-electron chi connectivity index (χ2n) is 6.07. The summed E-state index contributed by atoms with van der Waals surface area (Å²) in [6.45, 7) is 6.06. The largest absolute Gasteiger partial charge is 0.464 e. The van der Waals surface area contributed by atoms with Gasteiger partial charge in [-0.05, 0) is 31.8 Å². The van der Waals surface area contributed by atoms with E-state index in [4.69, 9.17) is 4.74 Å². The minimum atomic E-state index is -0.670. The number of carbonyl (C=O) groups is 2. The summed E-state index contributed by atoms with van der Waals surface area (Å²) >= 11 is 0. The molecule has 1 aliphatic carbocycles. The third-order valence-corrected chi connectivity index (χ3v) is 4.39. The Bertz CT molecular complexity index is 735. The Hall–Kier alpha value is -2.69. The maximum absolute atomic E-state index is 12.9. The first kappa shape index (κ1) is 20.6. The molecule has 0 saturated heterocycles. The fourth-order valence-electron chi connectivity index (χ4n) is 3.16. The molecule has 0 spiro atoms. The van der Waals surface area contributed by atoms with E-state index in [-0.39, 0.29) is 11.8 Å². The number of rotatable bonds is 5. The predicted octanol–water partition coefficient (Wildman–Crippen LogP) is 4.07. The van der Waals surface area contributed by atoms with E-state index in [1.807, 2.05) is 38.1 Å². The van der Waals surface area contributed by atoms with Crippen LogP contribution in [-0.2, 0) is 9.53 Å². The van der Waals surface area contributed by atoms with E-state index in [1.54, 1.807) is 19.1 Å². The molecule has 2 unspecified atom stereocenters. The number of ether oxygens (including phenoxy) is 1. The van der Waals surface area contributed by atoms with Gasteiger partial charge < -0.3 is 4.74 Å². The van der Waals surface area contributed by atoms with Gasteiger partial charge >= 0.3 is 5.97 Å². The van der Waals surface area contributed by atoms with Gasteiger partial charge in [0.2, 0.25) is 5.78 Å². The fraction of sp³-hybridized carbons (Fsp3) is 0.409. The van der Waals surface area contributed by atoms with E-state index in [2.05, 4.69) is 22.7 Å². The molecule has 5 nitrogen and oxygen atoms in total. The van der Waals surface area contributed by atoms with Crippen LogP contribution in [0.25, 0.3) is 0 Å². The average Bonchev–Trinajstić information content (AvgIpc) is 2.98. The van der Waals surface area contributed by atoms with Crippen molar-refractivity contribution in [2.45, 2.75) is 46.1 Å². The molecule has 144 valence electrons. The third kappa shape index (κ3) is 4.94. The van der Waals surface area contributed by atoms with Crippen LogP contribution in [0.3, 0.4) is 0 Å². The lowest BCUT2D eigenvalue weighted by atomic mass is 9.84. The molecule has 27 heavy (non-hydrogen) atoms. The van der Waals surface area contributed by atoms with Gasteiger partial charge in [-0.15, -0.1) is 0 Å². The maximum Gasteiger partial charge on any atom is 0.331 e. The molecule has 1 aliphatic heterocycles. The second-order valence-corrected chi connectivity index (χ2v) is 6.07. The van der Waals surface area contributed by atoms with E-state index < -0.39 is 12.0 Å². The van der Waals surface area contributed by atoms with Gasteiger partial charge in [0.05, 0.1) is 12.5 Å². The summed E-state index contributed by atoms with van der Waals surface area (Å²) in [6, 6.07) is 8.35. The second kappa shape index (κ2) is 10.5. The summed E-state index contributed by atoms with van der Waals surface area (Å²) in [4.78, 5) is 25.3. The predicted molar refractivity (Wildman–Crippen MR) is 108 cm³/mol. The quantitative estimate of drug-likeness (QED) is 0.628. The van der Waals surface area contributed by atoms with Crippen LogP contribution < -0.4 is 5.43 Å². The monoisotopic (exact) mass is 368 g/mol. The van der Waals surface area contributed by atoms with Crippen LogP contribution in [0.5, 0.6) is 0 Å². The number of carbonyl (C=O) groups excluding carboxylic acids is 2. The first-order valence-corrected chi connectivity index (χ1v) is 9.68. The zero-order chi connectivity index (χ0) is 19.6. The van der Waals surface area contributed by atoms with Gasteiger partial charge in [0.15, 0.2) is 6.04 Å². The maximum atomic E-state index is 12.9. The molecule has 3 rings (SSSR count). The first-order chi connectivity index (χ1) is 13.2. The van der Waals surface area contributed by atoms with Crippen molar-refractivity contribution in [1.82, 2.24) is 5.43 Å². The molecule has 5 heteroatoms. The van der Waals surface area contributed by atoms with Crippen LogP contribution >= 0.6 is 0 Å². The highest BCUT2D eigenvalue weighted by Crippen LogP contribution is 2.28. The number of allylic oxidation sites excluding steroid dienone is 3. The number of esters is 1. The highest BCUT2D eigenvalue weighted by atomic mass is 16.5. The zero-order valence-electron chi connectivity index (χ0n) is 16.3. The molecule has 0 bridgehead atoms. The zero-order valence-corrected chi connectivity index (χ0v) is 16.3. The topological polar surface area (TPSA) is 67.8 Å². The molecule has 0 saturated carbocycles. The molecule has 0 fully saturated rings. The summed E-state index contributed by atoms with van der Waals surface area (Å²) in [6.07, 6.45) is 9.16. The molecule has 0 amide bonds. The van der Waals surface area contributed by atoms with Gasteiger partial charge in [-0.1, -0.05) is 62.4 Å². The molecule has 0 aromatic heterocycles. The lowest BCUT2D eigenvalue weighted by Gasteiger charge is -2.20. The van der Waals surface area contributed by atoms with E-state index in [0.29, 0.717) is 17.9 Å². The molecule has 1 heterocycles. The van der Waals surface area contributed by atoms with Crippen LogP contribution in [0, 0.1) is 5.92 Å². The molecule has 2 atom stereocenters. The summed E-state index contributed by atoms with van der Waals surface area (Å²) < 4.78 is 5.17. The van der Waals surface area contributed by atoms with E-state index in [9.17, 15) is 9.59 Å². The van der Waals surface area contributed by atoms with Crippen molar-refractivity contribution in [3.05, 3.63) is 59.7 Å². The van der Waals surface area contributed by atoms with Crippen molar-refractivity contribution in [3.8, 4) is 0 Å². The lowest BCUT2D eigenvalue weighted by molar-refractivity contribution is -0.145. The third-order valence-electron chi connectivity index (χ3n) is 4.39. The number of ketones is 1. The fourth-order valence-corrected chi connectivity index (χ4v) is 3.16. The Labute approximate surface area is 161 Å². The minimum Gasteiger partial charge on any atom is -0.464 e. The van der Waals surface area contributed by atoms with E-state index in [1.165, 1.54) is 0 Å². The van der Waals surface area contributed by atoms with Crippen LogP contribution in [-0.4, -0.2) is 30.1 Å². The summed E-state index contributed by atoms with van der Waals surface area (Å²) in [5, 5.41) is 4.23. The summed E-state index contributed by atoms with van der Waals surface area (Å²) in [7, 11) is 0. The molecular formula is C22H28N2O3. The molecule has 2 aliphatic rings. The Morgan fingerprint density at radius 2 is 1.93 bits per heavy atom. The Morgan fingerprint density at radius 1 is 1.19 bits per heavy atom. The van der Waals surface area contributed by atoms with Crippen molar-refractivity contribution >= 4 is 17.5 Å². The van der Waals surface area contributed by atoms with E-state index in [0.717, 1.165) is 24.8 Å². The van der Waals surface area contributed by atoms with Gasteiger partial charge in [0, 0.05) is 5.56 Å². The SMILES string of the molecule is CC.CCOC(=O)C1NN=C(C(=O)c2ccccc2)C1C1=CCCCC=C1. The lowest BCUT2D eigenvalue weighted by Crippen LogP contribution is -2.41. The highest BCUT2D eigenvalue weighted by molar-refractivity contribution is 6.48. The first-order valence-electron chi connectivity index (χ1n) is 9.68. The minimum absolute atomic E-state index is 0.163. The summed E-state index contributed by atoms with van der Waals surface area (Å²) in [5.41, 5.74) is 4.70. The number of hydrazone groups is 1. The molecule has 1 N–H and O–H groups in total. The van der Waals surface area contributed by atoms with Gasteiger partial charge in [-0.25, -0.2) is 4.79 Å². The van der Waals surface area contributed by atoms with Crippen molar-refractivity contribution in [2.24, 2.45) is 11.0 Å². The average molecular weight is 368 g/mol. The van der Waals surface area contributed by atoms with Crippen molar-refractivity contribution in [3.63, 3.8) is 0 Å². The Balaban J connectivity index is 0.00000126. The van der Waals surface area contributed by atoms with Gasteiger partial charge in [0.25, 0.3) is 0 Å². The summed E-state index contributed by atoms with van der Waals surface area (Å²) in [5.74, 6) is -0.977. The molecule has 1 aromatic rings. The van der Waals surface area contributed by atoms with E-state index >= 15 is 0 Å². The standard InChI is InChI=1S/C20H22N2O3.C2H6/c1-2-25-20(24)18-16(14-10-6-3-4-7-11-14)17(21-22-18)19(23)15-12-8-5-9-13-15;1-2/h5-6,8-13,16,18,22H,2-4,7H2,1H3;1-2H3. The Morgan fingerprint density at radius 3 is 2.63 bits per heavy atom. The van der Waals surface area contributed by atoms with Crippen LogP contribution in [0.2, 0.25) is 0 Å². The number of nitrogens with one attached hydrogen (secondary N) is 1. The molecule has 0 radical (unpaired) electrons.